The number of alkyl halides is 3. The van der Waals surface area contributed by atoms with Gasteiger partial charge in [-0.15, -0.1) is 0 Å². The summed E-state index contributed by atoms with van der Waals surface area (Å²) >= 11 is 5.75. The van der Waals surface area contributed by atoms with Crippen LogP contribution in [-0.4, -0.2) is 29.8 Å². The third-order valence-electron chi connectivity index (χ3n) is 5.41. The number of anilines is 1. The fourth-order valence-corrected chi connectivity index (χ4v) is 3.34. The predicted molar refractivity (Wildman–Crippen MR) is 121 cm³/mol. The summed E-state index contributed by atoms with van der Waals surface area (Å²) in [6.07, 6.45) is -1.18. The summed E-state index contributed by atoms with van der Waals surface area (Å²) in [6.45, 7) is 12.8. The molecule has 0 radical (unpaired) electrons. The number of aryl methyl sites for hydroxylation is 1. The molecule has 11 heteroatoms. The van der Waals surface area contributed by atoms with Crippen LogP contribution in [0.3, 0.4) is 0 Å². The first kappa shape index (κ1) is 27.4. The van der Waals surface area contributed by atoms with Crippen molar-refractivity contribution in [3.63, 3.8) is 0 Å². The summed E-state index contributed by atoms with van der Waals surface area (Å²) in [5.41, 5.74) is -0.886. The van der Waals surface area contributed by atoms with Crippen LogP contribution < -0.4 is 10.7 Å². The molecule has 2 N–H and O–H groups in total. The van der Waals surface area contributed by atoms with Gasteiger partial charge in [0, 0.05) is 10.7 Å². The molecule has 186 valence electrons. The lowest BCUT2D eigenvalue weighted by Gasteiger charge is -2.35. The Kier molecular flexibility index (Phi) is 8.21. The van der Waals surface area contributed by atoms with Crippen LogP contribution in [0.5, 0.6) is 0 Å². The van der Waals surface area contributed by atoms with E-state index in [-0.39, 0.29) is 32.8 Å². The molecule has 2 amide bonds. The second kappa shape index (κ2) is 10.2. The first-order valence-corrected chi connectivity index (χ1v) is 10.6. The summed E-state index contributed by atoms with van der Waals surface area (Å²) < 4.78 is 57.4. The van der Waals surface area contributed by atoms with E-state index in [1.54, 1.807) is 6.92 Å². The number of halogens is 5. The maximum absolute atomic E-state index is 14.0. The van der Waals surface area contributed by atoms with Gasteiger partial charge >= 0.3 is 18.2 Å². The van der Waals surface area contributed by atoms with E-state index in [4.69, 9.17) is 22.2 Å². The Morgan fingerprint density at radius 1 is 1.32 bits per heavy atom. The number of hydrogen-bond donors (Lipinski definition) is 1. The highest BCUT2D eigenvalue weighted by molar-refractivity contribution is 6.31. The molecule has 1 aliphatic heterocycles. The minimum Gasteiger partial charge on any atom is -0.461 e. The third kappa shape index (κ3) is 5.98. The Morgan fingerprint density at radius 3 is 2.38 bits per heavy atom. The molecule has 0 spiro atoms. The quantitative estimate of drug-likeness (QED) is 0.175. The number of carbonyl (C=O) groups is 2. The van der Waals surface area contributed by atoms with Crippen LogP contribution in [-0.2, 0) is 9.53 Å². The SMILES string of the molecule is C=C(C)COC(=O)C1(C)CCC1.C=C1C=C(C(F)(F)F)N(N)C(=O)N1c1cc(C)c(Cl)cc1F. The van der Waals surface area contributed by atoms with Crippen LogP contribution in [0.15, 0.2) is 48.3 Å². The molecule has 1 aliphatic carbocycles. The summed E-state index contributed by atoms with van der Waals surface area (Å²) in [5.74, 6) is 4.24. The van der Waals surface area contributed by atoms with Gasteiger partial charge in [-0.2, -0.15) is 13.2 Å². The largest absolute Gasteiger partial charge is 0.461 e. The van der Waals surface area contributed by atoms with Crippen molar-refractivity contribution in [2.75, 3.05) is 11.5 Å². The number of esters is 1. The van der Waals surface area contributed by atoms with E-state index in [1.807, 2.05) is 13.8 Å². The van der Waals surface area contributed by atoms with Crippen LogP contribution in [0.1, 0.15) is 38.7 Å². The number of rotatable bonds is 4. The van der Waals surface area contributed by atoms with E-state index in [0.29, 0.717) is 23.1 Å². The van der Waals surface area contributed by atoms with E-state index in [1.165, 1.54) is 6.07 Å². The fourth-order valence-electron chi connectivity index (χ4n) is 3.19. The van der Waals surface area contributed by atoms with Gasteiger partial charge < -0.3 is 4.74 Å². The highest BCUT2D eigenvalue weighted by Gasteiger charge is 2.44. The molecule has 0 atom stereocenters. The lowest BCUT2D eigenvalue weighted by atomic mass is 9.70. The van der Waals surface area contributed by atoms with Crippen LogP contribution in [0, 0.1) is 18.2 Å². The zero-order chi connectivity index (χ0) is 26.0. The average Bonchev–Trinajstić information content (AvgIpc) is 2.70. The summed E-state index contributed by atoms with van der Waals surface area (Å²) in [4.78, 5) is 24.1. The molecule has 0 unspecified atom stereocenters. The lowest BCUT2D eigenvalue weighted by molar-refractivity contribution is -0.158. The number of nitrogens with zero attached hydrogens (tertiary/aromatic N) is 2. The van der Waals surface area contributed by atoms with E-state index in [2.05, 4.69) is 13.2 Å². The molecule has 1 aromatic rings. The number of allylic oxidation sites excluding steroid dienone is 2. The Bertz CT molecular complexity index is 1050. The molecule has 6 nitrogen and oxygen atoms in total. The molecule has 1 saturated carbocycles. The average molecular weight is 504 g/mol. The standard InChI is InChI=1S/C13H10ClF4N3O.C10H16O2/c1-6-3-10(9(15)5-8(6)14)20-7(2)4-11(13(16,17)18)21(19)12(20)22;1-8(2)7-12-9(11)10(3)5-4-6-10/h3-5H,2,19H2,1H3;1,4-7H2,2-3H3. The number of hydrazine groups is 1. The van der Waals surface area contributed by atoms with Crippen LogP contribution in [0.4, 0.5) is 28.0 Å². The maximum Gasteiger partial charge on any atom is 0.433 e. The normalized spacial score (nSPS) is 17.4. The molecule has 1 fully saturated rings. The second-order valence-corrected chi connectivity index (χ2v) is 8.91. The van der Waals surface area contributed by atoms with Gasteiger partial charge in [0.15, 0.2) is 0 Å². The van der Waals surface area contributed by atoms with Crippen LogP contribution in [0.2, 0.25) is 5.02 Å². The molecular formula is C23H26ClF4N3O3. The molecule has 0 saturated heterocycles. The number of ether oxygens (including phenoxy) is 1. The molecule has 2 aliphatic rings. The monoisotopic (exact) mass is 503 g/mol. The van der Waals surface area contributed by atoms with Crippen molar-refractivity contribution in [2.24, 2.45) is 11.3 Å². The third-order valence-corrected chi connectivity index (χ3v) is 5.81. The van der Waals surface area contributed by atoms with Gasteiger partial charge in [0.1, 0.15) is 18.1 Å². The molecular weight excluding hydrogens is 478 g/mol. The van der Waals surface area contributed by atoms with Gasteiger partial charge in [0.2, 0.25) is 0 Å². The maximum atomic E-state index is 14.0. The van der Waals surface area contributed by atoms with Crippen molar-refractivity contribution in [1.29, 1.82) is 0 Å². The summed E-state index contributed by atoms with van der Waals surface area (Å²) in [5, 5.41) is 0.0189. The van der Waals surface area contributed by atoms with Crippen molar-refractivity contribution in [1.82, 2.24) is 5.01 Å². The van der Waals surface area contributed by atoms with Crippen molar-refractivity contribution < 1.29 is 31.9 Å². The topological polar surface area (TPSA) is 75.9 Å². The Hall–Kier alpha value is -2.85. The number of urea groups is 1. The van der Waals surface area contributed by atoms with Crippen LogP contribution >= 0.6 is 11.6 Å². The number of hydrogen-bond acceptors (Lipinski definition) is 4. The van der Waals surface area contributed by atoms with Crippen molar-refractivity contribution in [3.05, 3.63) is 64.7 Å². The van der Waals surface area contributed by atoms with Gasteiger partial charge in [-0.3, -0.25) is 9.69 Å². The van der Waals surface area contributed by atoms with Gasteiger partial charge in [0.25, 0.3) is 0 Å². The first-order chi connectivity index (χ1) is 15.6. The predicted octanol–water partition coefficient (Wildman–Crippen LogP) is 6.16. The van der Waals surface area contributed by atoms with E-state index in [9.17, 15) is 27.2 Å². The highest BCUT2D eigenvalue weighted by Crippen LogP contribution is 2.41. The Morgan fingerprint density at radius 2 is 1.91 bits per heavy atom. The zero-order valence-corrected chi connectivity index (χ0v) is 19.8. The Balaban J connectivity index is 0.000000287. The number of amides is 2. The van der Waals surface area contributed by atoms with Gasteiger partial charge in [-0.05, 0) is 63.0 Å². The molecule has 3 rings (SSSR count). The number of benzene rings is 1. The zero-order valence-electron chi connectivity index (χ0n) is 19.1. The smallest absolute Gasteiger partial charge is 0.433 e. The van der Waals surface area contributed by atoms with Gasteiger partial charge in [0.05, 0.1) is 11.1 Å². The Labute approximate surface area is 200 Å². The number of nitrogens with two attached hydrogens (primary N) is 1. The van der Waals surface area contributed by atoms with Crippen LogP contribution in [0.25, 0.3) is 0 Å². The van der Waals surface area contributed by atoms with Crippen molar-refractivity contribution in [3.8, 4) is 0 Å². The van der Waals surface area contributed by atoms with Gasteiger partial charge in [-0.25, -0.2) is 20.0 Å². The highest BCUT2D eigenvalue weighted by atomic mass is 35.5. The molecule has 1 heterocycles. The summed E-state index contributed by atoms with van der Waals surface area (Å²) in [6, 6.07) is 0.901. The fraction of sp³-hybridized carbons (Fsp3) is 0.391. The van der Waals surface area contributed by atoms with Gasteiger partial charge in [-0.1, -0.05) is 31.2 Å². The van der Waals surface area contributed by atoms with E-state index < -0.39 is 23.7 Å². The molecule has 1 aromatic carbocycles. The summed E-state index contributed by atoms with van der Waals surface area (Å²) in [7, 11) is 0. The molecule has 34 heavy (non-hydrogen) atoms. The van der Waals surface area contributed by atoms with E-state index in [0.717, 1.165) is 30.9 Å². The lowest BCUT2D eigenvalue weighted by Crippen LogP contribution is -2.52. The minimum absolute atomic E-state index is 0.0586. The molecule has 0 bridgehead atoms. The second-order valence-electron chi connectivity index (χ2n) is 8.51. The first-order valence-electron chi connectivity index (χ1n) is 10.2. The minimum atomic E-state index is -4.84. The molecule has 0 aromatic heterocycles. The van der Waals surface area contributed by atoms with Crippen molar-refractivity contribution in [2.45, 2.75) is 46.2 Å². The van der Waals surface area contributed by atoms with E-state index >= 15 is 0 Å². The number of carbonyl (C=O) groups excluding carboxylic acids is 2. The van der Waals surface area contributed by atoms with Crippen molar-refractivity contribution >= 4 is 29.3 Å².